The zero-order chi connectivity index (χ0) is 18.1. The molecule has 1 aromatic rings. The Labute approximate surface area is 153 Å². The number of amides is 3. The van der Waals surface area contributed by atoms with E-state index in [0.717, 1.165) is 11.4 Å². The second-order valence-electron chi connectivity index (χ2n) is 6.38. The fraction of sp³-hybridized carbons (Fsp3) is 0.556. The van der Waals surface area contributed by atoms with Gasteiger partial charge in [-0.3, -0.25) is 4.79 Å². The minimum atomic E-state index is -0.948. The van der Waals surface area contributed by atoms with Crippen molar-refractivity contribution in [3.8, 4) is 0 Å². The second kappa shape index (κ2) is 9.68. The van der Waals surface area contributed by atoms with E-state index in [1.165, 1.54) is 0 Å². The SMILES string of the molecule is CSCCC(=O)NCC1(O)CCCN(C(=O)Nc2ccccc2)CC1. The molecular weight excluding hydrogens is 338 g/mol. The monoisotopic (exact) mass is 365 g/mol. The number of thioether (sulfide) groups is 1. The molecule has 1 aliphatic heterocycles. The number of urea groups is 1. The first-order chi connectivity index (χ1) is 12.0. The van der Waals surface area contributed by atoms with Gasteiger partial charge in [0.05, 0.1) is 5.60 Å². The topological polar surface area (TPSA) is 81.7 Å². The molecule has 25 heavy (non-hydrogen) atoms. The summed E-state index contributed by atoms with van der Waals surface area (Å²) in [4.78, 5) is 25.8. The molecule has 0 radical (unpaired) electrons. The molecule has 3 amide bonds. The molecule has 1 aromatic carbocycles. The third kappa shape index (κ3) is 6.59. The molecule has 138 valence electrons. The van der Waals surface area contributed by atoms with Crippen molar-refractivity contribution in [2.24, 2.45) is 0 Å². The van der Waals surface area contributed by atoms with Gasteiger partial charge in [0.25, 0.3) is 0 Å². The first-order valence-electron chi connectivity index (χ1n) is 8.61. The Hall–Kier alpha value is -1.73. The molecule has 7 heteroatoms. The smallest absolute Gasteiger partial charge is 0.321 e. The molecule has 3 N–H and O–H groups in total. The molecular formula is C18H27N3O3S. The third-order valence-corrected chi connectivity index (χ3v) is 4.99. The highest BCUT2D eigenvalue weighted by Gasteiger charge is 2.31. The molecule has 6 nitrogen and oxygen atoms in total. The average molecular weight is 365 g/mol. The summed E-state index contributed by atoms with van der Waals surface area (Å²) in [5, 5.41) is 16.4. The van der Waals surface area contributed by atoms with Crippen molar-refractivity contribution < 1.29 is 14.7 Å². The third-order valence-electron chi connectivity index (χ3n) is 4.38. The standard InChI is InChI=1S/C18H27N3O3S/c1-25-13-8-16(22)19-14-18(24)9-5-11-21(12-10-18)17(23)20-15-6-3-2-4-7-15/h2-4,6-7,24H,5,8-14H2,1H3,(H,19,22)(H,20,23). The van der Waals surface area contributed by atoms with Gasteiger partial charge >= 0.3 is 6.03 Å². The number of hydrogen-bond acceptors (Lipinski definition) is 4. The Morgan fingerprint density at radius 3 is 2.72 bits per heavy atom. The summed E-state index contributed by atoms with van der Waals surface area (Å²) in [6.07, 6.45) is 4.16. The predicted molar refractivity (Wildman–Crippen MR) is 102 cm³/mol. The molecule has 1 saturated heterocycles. The van der Waals surface area contributed by atoms with Crippen molar-refractivity contribution >= 4 is 29.4 Å². The summed E-state index contributed by atoms with van der Waals surface area (Å²) in [5.41, 5.74) is -0.190. The van der Waals surface area contributed by atoms with Crippen LogP contribution in [0.1, 0.15) is 25.7 Å². The minimum absolute atomic E-state index is 0.0364. The van der Waals surface area contributed by atoms with E-state index in [-0.39, 0.29) is 18.5 Å². The molecule has 2 rings (SSSR count). The number of nitrogens with one attached hydrogen (secondary N) is 2. The lowest BCUT2D eigenvalue weighted by molar-refractivity contribution is -0.122. The van der Waals surface area contributed by atoms with Gasteiger partial charge in [0.2, 0.25) is 5.91 Å². The second-order valence-corrected chi connectivity index (χ2v) is 7.37. The summed E-state index contributed by atoms with van der Waals surface area (Å²) < 4.78 is 0. The maximum Gasteiger partial charge on any atom is 0.321 e. The van der Waals surface area contributed by atoms with Crippen molar-refractivity contribution in [3.63, 3.8) is 0 Å². The Morgan fingerprint density at radius 2 is 2.00 bits per heavy atom. The lowest BCUT2D eigenvalue weighted by Crippen LogP contribution is -2.44. The highest BCUT2D eigenvalue weighted by atomic mass is 32.2. The molecule has 1 heterocycles. The first-order valence-corrected chi connectivity index (χ1v) is 10.0. The van der Waals surface area contributed by atoms with E-state index < -0.39 is 5.60 Å². The summed E-state index contributed by atoms with van der Waals surface area (Å²) in [6.45, 7) is 1.31. The highest BCUT2D eigenvalue weighted by molar-refractivity contribution is 7.98. The fourth-order valence-electron chi connectivity index (χ4n) is 2.83. The summed E-state index contributed by atoms with van der Waals surface area (Å²) in [5.74, 6) is 0.739. The number of rotatable bonds is 6. The van der Waals surface area contributed by atoms with Crippen LogP contribution in [-0.4, -0.2) is 59.2 Å². The van der Waals surface area contributed by atoms with Gasteiger partial charge < -0.3 is 20.6 Å². The number of hydrogen-bond donors (Lipinski definition) is 3. The zero-order valence-corrected chi connectivity index (χ0v) is 15.5. The van der Waals surface area contributed by atoms with Gasteiger partial charge in [0.15, 0.2) is 0 Å². The summed E-state index contributed by atoms with van der Waals surface area (Å²) in [7, 11) is 0. The van der Waals surface area contributed by atoms with Gasteiger partial charge in [0, 0.05) is 37.5 Å². The number of nitrogens with zero attached hydrogens (tertiary/aromatic N) is 1. The van der Waals surface area contributed by atoms with Crippen LogP contribution in [0, 0.1) is 0 Å². The van der Waals surface area contributed by atoms with Gasteiger partial charge in [-0.15, -0.1) is 0 Å². The summed E-state index contributed by atoms with van der Waals surface area (Å²) in [6, 6.07) is 9.17. The molecule has 0 saturated carbocycles. The number of carbonyl (C=O) groups excluding carboxylic acids is 2. The molecule has 0 aliphatic carbocycles. The van der Waals surface area contributed by atoms with Gasteiger partial charge in [-0.2, -0.15) is 11.8 Å². The fourth-order valence-corrected chi connectivity index (χ4v) is 3.22. The molecule has 1 fully saturated rings. The van der Waals surface area contributed by atoms with Gasteiger partial charge in [-0.25, -0.2) is 4.79 Å². The van der Waals surface area contributed by atoms with Crippen molar-refractivity contribution in [2.45, 2.75) is 31.3 Å². The van der Waals surface area contributed by atoms with Crippen LogP contribution in [0.5, 0.6) is 0 Å². The quantitative estimate of drug-likeness (QED) is 0.722. The number of anilines is 1. The highest BCUT2D eigenvalue weighted by Crippen LogP contribution is 2.22. The van der Waals surface area contributed by atoms with Crippen LogP contribution in [0.2, 0.25) is 0 Å². The van der Waals surface area contributed by atoms with Crippen LogP contribution in [0.25, 0.3) is 0 Å². The Bertz CT molecular complexity index is 570. The van der Waals surface area contributed by atoms with E-state index >= 15 is 0 Å². The van der Waals surface area contributed by atoms with E-state index in [4.69, 9.17) is 0 Å². The zero-order valence-electron chi connectivity index (χ0n) is 14.7. The predicted octanol–water partition coefficient (Wildman–Crippen LogP) is 2.30. The molecule has 1 unspecified atom stereocenters. The van der Waals surface area contributed by atoms with Crippen LogP contribution >= 0.6 is 11.8 Å². The van der Waals surface area contributed by atoms with Gasteiger partial charge in [0.1, 0.15) is 0 Å². The number of para-hydroxylation sites is 1. The Morgan fingerprint density at radius 1 is 1.24 bits per heavy atom. The molecule has 0 aromatic heterocycles. The maximum atomic E-state index is 12.4. The van der Waals surface area contributed by atoms with Crippen LogP contribution in [0.4, 0.5) is 10.5 Å². The Balaban J connectivity index is 1.82. The lowest BCUT2D eigenvalue weighted by Gasteiger charge is -2.27. The van der Waals surface area contributed by atoms with Crippen LogP contribution in [0.3, 0.4) is 0 Å². The maximum absolute atomic E-state index is 12.4. The summed E-state index contributed by atoms with van der Waals surface area (Å²) >= 11 is 1.62. The molecule has 1 atom stereocenters. The van der Waals surface area contributed by atoms with E-state index in [1.807, 2.05) is 36.6 Å². The number of carbonyl (C=O) groups is 2. The van der Waals surface area contributed by atoms with Crippen LogP contribution in [-0.2, 0) is 4.79 Å². The van der Waals surface area contributed by atoms with E-state index in [1.54, 1.807) is 16.7 Å². The minimum Gasteiger partial charge on any atom is -0.388 e. The van der Waals surface area contributed by atoms with Gasteiger partial charge in [-0.1, -0.05) is 18.2 Å². The van der Waals surface area contributed by atoms with E-state index in [9.17, 15) is 14.7 Å². The average Bonchev–Trinajstić information content (AvgIpc) is 2.81. The van der Waals surface area contributed by atoms with Crippen molar-refractivity contribution in [2.75, 3.05) is 37.0 Å². The van der Waals surface area contributed by atoms with Gasteiger partial charge in [-0.05, 0) is 37.7 Å². The normalized spacial score (nSPS) is 20.6. The van der Waals surface area contributed by atoms with E-state index in [0.29, 0.717) is 38.8 Å². The Kier molecular flexibility index (Phi) is 7.58. The largest absolute Gasteiger partial charge is 0.388 e. The molecule has 0 spiro atoms. The van der Waals surface area contributed by atoms with Crippen LogP contribution in [0.15, 0.2) is 30.3 Å². The number of aliphatic hydroxyl groups is 1. The van der Waals surface area contributed by atoms with E-state index in [2.05, 4.69) is 10.6 Å². The van der Waals surface area contributed by atoms with Crippen molar-refractivity contribution in [1.82, 2.24) is 10.2 Å². The van der Waals surface area contributed by atoms with Crippen molar-refractivity contribution in [3.05, 3.63) is 30.3 Å². The lowest BCUT2D eigenvalue weighted by atomic mass is 9.95. The van der Waals surface area contributed by atoms with Crippen molar-refractivity contribution in [1.29, 1.82) is 0 Å². The molecule has 0 bridgehead atoms. The molecule has 1 aliphatic rings. The first kappa shape index (κ1) is 19.6. The number of likely N-dealkylation sites (tertiary alicyclic amines) is 1. The van der Waals surface area contributed by atoms with Crippen LogP contribution < -0.4 is 10.6 Å². The number of benzene rings is 1.